The van der Waals surface area contributed by atoms with E-state index in [9.17, 15) is 26.3 Å². The molecule has 0 spiro atoms. The summed E-state index contributed by atoms with van der Waals surface area (Å²) < 4.78 is 79.5. The lowest BCUT2D eigenvalue weighted by atomic mass is 9.97. The van der Waals surface area contributed by atoms with Gasteiger partial charge in [-0.05, 0) is 59.7 Å². The van der Waals surface area contributed by atoms with Crippen LogP contribution in [-0.4, -0.2) is 15.0 Å². The Morgan fingerprint density at radius 1 is 0.528 bits per heavy atom. The van der Waals surface area contributed by atoms with Gasteiger partial charge in [0.1, 0.15) is 0 Å². The van der Waals surface area contributed by atoms with Gasteiger partial charge in [-0.3, -0.25) is 15.0 Å². The minimum absolute atomic E-state index is 0.114. The third-order valence-corrected chi connectivity index (χ3v) is 5.66. The van der Waals surface area contributed by atoms with Crippen molar-refractivity contribution in [1.29, 1.82) is 0 Å². The van der Waals surface area contributed by atoms with E-state index >= 15 is 0 Å². The van der Waals surface area contributed by atoms with E-state index in [1.165, 1.54) is 12.1 Å². The average molecular weight is 495 g/mol. The molecule has 36 heavy (non-hydrogen) atoms. The molecule has 0 aliphatic carbocycles. The van der Waals surface area contributed by atoms with Crippen LogP contribution in [0.4, 0.5) is 26.3 Å². The van der Waals surface area contributed by atoms with Crippen molar-refractivity contribution in [2.24, 2.45) is 0 Å². The van der Waals surface area contributed by atoms with Crippen molar-refractivity contribution in [3.8, 4) is 33.5 Å². The van der Waals surface area contributed by atoms with Crippen LogP contribution < -0.4 is 0 Å². The molecule has 0 fully saturated rings. The molecule has 0 saturated heterocycles. The molecule has 0 amide bonds. The molecule has 0 bridgehead atoms. The molecule has 0 radical (unpaired) electrons. The average Bonchev–Trinajstić information content (AvgIpc) is 2.87. The largest absolute Gasteiger partial charge is 0.416 e. The Morgan fingerprint density at radius 2 is 1.22 bits per heavy atom. The Labute approximate surface area is 201 Å². The quantitative estimate of drug-likeness (QED) is 0.238. The Kier molecular flexibility index (Phi) is 5.70. The van der Waals surface area contributed by atoms with Gasteiger partial charge in [-0.25, -0.2) is 0 Å². The Hall–Kier alpha value is -4.27. The summed E-state index contributed by atoms with van der Waals surface area (Å²) >= 11 is 0. The first-order valence-electron chi connectivity index (χ1n) is 10.6. The van der Waals surface area contributed by atoms with Gasteiger partial charge in [0.05, 0.1) is 22.3 Å². The summed E-state index contributed by atoms with van der Waals surface area (Å²) in [6.45, 7) is 0. The normalized spacial score (nSPS) is 12.2. The van der Waals surface area contributed by atoms with Crippen LogP contribution in [0.3, 0.4) is 0 Å². The van der Waals surface area contributed by atoms with E-state index in [1.54, 1.807) is 30.9 Å². The number of fused-ring (bicyclic) bond motifs is 1. The number of nitrogens with zero attached hydrogens (tertiary/aromatic N) is 3. The highest BCUT2D eigenvalue weighted by Gasteiger charge is 2.37. The molecule has 180 valence electrons. The minimum Gasteiger partial charge on any atom is -0.264 e. The molecule has 5 aromatic rings. The fraction of sp³-hybridized carbons (Fsp3) is 0.0741. The highest BCUT2D eigenvalue weighted by atomic mass is 19.4. The Balaban J connectivity index is 1.50. The van der Waals surface area contributed by atoms with Crippen molar-refractivity contribution in [2.75, 3.05) is 0 Å². The van der Waals surface area contributed by atoms with E-state index in [1.807, 2.05) is 30.3 Å². The maximum absolute atomic E-state index is 13.2. The van der Waals surface area contributed by atoms with Crippen LogP contribution in [0.5, 0.6) is 0 Å². The predicted molar refractivity (Wildman–Crippen MR) is 124 cm³/mol. The van der Waals surface area contributed by atoms with Gasteiger partial charge >= 0.3 is 12.4 Å². The summed E-state index contributed by atoms with van der Waals surface area (Å²) in [7, 11) is 0. The number of pyridine rings is 3. The van der Waals surface area contributed by atoms with Crippen molar-refractivity contribution >= 4 is 10.9 Å². The van der Waals surface area contributed by atoms with Crippen LogP contribution in [0.25, 0.3) is 44.4 Å². The molecule has 9 heteroatoms. The van der Waals surface area contributed by atoms with Crippen molar-refractivity contribution in [1.82, 2.24) is 15.0 Å². The summed E-state index contributed by atoms with van der Waals surface area (Å²) in [5.74, 6) is 0. The highest BCUT2D eigenvalue weighted by molar-refractivity contribution is 5.87. The zero-order chi connectivity index (χ0) is 25.5. The summed E-state index contributed by atoms with van der Waals surface area (Å²) in [4.78, 5) is 12.9. The molecule has 5 rings (SSSR count). The van der Waals surface area contributed by atoms with Crippen molar-refractivity contribution in [3.05, 3.63) is 103 Å². The van der Waals surface area contributed by atoms with E-state index in [0.717, 1.165) is 22.4 Å². The zero-order valence-electron chi connectivity index (χ0n) is 18.3. The van der Waals surface area contributed by atoms with Gasteiger partial charge in [0.2, 0.25) is 0 Å². The number of benzene rings is 2. The first kappa shape index (κ1) is 23.5. The maximum atomic E-state index is 13.2. The van der Waals surface area contributed by atoms with E-state index in [2.05, 4.69) is 15.0 Å². The van der Waals surface area contributed by atoms with E-state index < -0.39 is 23.5 Å². The lowest BCUT2D eigenvalue weighted by Gasteiger charge is -2.14. The molecule has 0 unspecified atom stereocenters. The van der Waals surface area contributed by atoms with Gasteiger partial charge in [-0.2, -0.15) is 26.3 Å². The fourth-order valence-corrected chi connectivity index (χ4v) is 3.83. The number of alkyl halides is 6. The second-order valence-corrected chi connectivity index (χ2v) is 8.10. The van der Waals surface area contributed by atoms with Gasteiger partial charge in [0.15, 0.2) is 0 Å². The van der Waals surface area contributed by atoms with E-state index in [4.69, 9.17) is 0 Å². The smallest absolute Gasteiger partial charge is 0.264 e. The van der Waals surface area contributed by atoms with Gasteiger partial charge in [-0.15, -0.1) is 0 Å². The van der Waals surface area contributed by atoms with Crippen LogP contribution in [0.15, 0.2) is 91.5 Å². The van der Waals surface area contributed by atoms with E-state index in [0.29, 0.717) is 23.0 Å². The molecule has 3 aromatic heterocycles. The second kappa shape index (κ2) is 8.75. The molecule has 0 atom stereocenters. The fourth-order valence-electron chi connectivity index (χ4n) is 3.83. The summed E-state index contributed by atoms with van der Waals surface area (Å²) in [6, 6.07) is 15.4. The van der Waals surface area contributed by atoms with Crippen LogP contribution in [0, 0.1) is 0 Å². The number of hydrogen-bond donors (Lipinski definition) is 0. The topological polar surface area (TPSA) is 38.7 Å². The van der Waals surface area contributed by atoms with Crippen molar-refractivity contribution in [3.63, 3.8) is 0 Å². The predicted octanol–water partition coefficient (Wildman–Crippen LogP) is 8.06. The lowest BCUT2D eigenvalue weighted by Crippen LogP contribution is -2.11. The third kappa shape index (κ3) is 4.77. The molecule has 2 aromatic carbocycles. The Morgan fingerprint density at radius 3 is 1.83 bits per heavy atom. The van der Waals surface area contributed by atoms with Crippen molar-refractivity contribution in [2.45, 2.75) is 12.4 Å². The van der Waals surface area contributed by atoms with Gasteiger partial charge in [0, 0.05) is 46.9 Å². The molecule has 0 aliphatic rings. The van der Waals surface area contributed by atoms with Crippen molar-refractivity contribution < 1.29 is 26.3 Å². The maximum Gasteiger partial charge on any atom is 0.416 e. The summed E-state index contributed by atoms with van der Waals surface area (Å²) in [5, 5.41) is 0.676. The SMILES string of the molecule is FC(F)(F)c1cc(-c2ccc3cc(-c4ccc(-c5cccnc5)nc4)cnc3c2)cc(C(F)(F)F)c1. The lowest BCUT2D eigenvalue weighted by molar-refractivity contribution is -0.143. The van der Waals surface area contributed by atoms with Gasteiger partial charge in [-0.1, -0.05) is 18.2 Å². The number of rotatable bonds is 3. The second-order valence-electron chi connectivity index (χ2n) is 8.10. The van der Waals surface area contributed by atoms with Gasteiger partial charge in [0.25, 0.3) is 0 Å². The number of aromatic nitrogens is 3. The first-order chi connectivity index (χ1) is 17.1. The van der Waals surface area contributed by atoms with Gasteiger partial charge < -0.3 is 0 Å². The van der Waals surface area contributed by atoms with Crippen LogP contribution in [0.1, 0.15) is 11.1 Å². The van der Waals surface area contributed by atoms with E-state index in [-0.39, 0.29) is 17.2 Å². The third-order valence-electron chi connectivity index (χ3n) is 5.66. The molecule has 0 N–H and O–H groups in total. The highest BCUT2D eigenvalue weighted by Crippen LogP contribution is 2.39. The molecule has 3 heterocycles. The summed E-state index contributed by atoms with van der Waals surface area (Å²) in [5.41, 5.74) is 0.897. The molecule has 3 nitrogen and oxygen atoms in total. The zero-order valence-corrected chi connectivity index (χ0v) is 18.3. The molecule has 0 saturated carbocycles. The summed E-state index contributed by atoms with van der Waals surface area (Å²) in [6.07, 6.45) is -3.17. The van der Waals surface area contributed by atoms with Crippen LogP contribution in [0.2, 0.25) is 0 Å². The number of hydrogen-bond acceptors (Lipinski definition) is 3. The minimum atomic E-state index is -4.92. The van der Waals surface area contributed by atoms with Crippen LogP contribution in [-0.2, 0) is 12.4 Å². The van der Waals surface area contributed by atoms with Crippen LogP contribution >= 0.6 is 0 Å². The molecular formula is C27H15F6N3. The monoisotopic (exact) mass is 495 g/mol. The Bertz CT molecular complexity index is 1510. The first-order valence-corrected chi connectivity index (χ1v) is 10.6. The molecular weight excluding hydrogens is 480 g/mol. The number of halogens is 6. The molecule has 0 aliphatic heterocycles. The standard InChI is InChI=1S/C27H15F6N3/c28-26(29,30)22-9-20(10-23(12-22)27(31,32)33)16-3-4-17-8-21(15-36-25(17)11-16)18-5-6-24(35-14-18)19-2-1-7-34-13-19/h1-15H.